The third-order valence-electron chi connectivity index (χ3n) is 5.99. The molecule has 1 fully saturated rings. The number of fused-ring (bicyclic) bond motifs is 3. The van der Waals surface area contributed by atoms with Gasteiger partial charge in [-0.05, 0) is 43.1 Å². The van der Waals surface area contributed by atoms with Crippen molar-refractivity contribution < 1.29 is 14.4 Å². The molecule has 2 aromatic rings. The lowest BCUT2D eigenvalue weighted by Crippen LogP contribution is -2.40. The highest BCUT2D eigenvalue weighted by atomic mass is 16.7. The highest BCUT2D eigenvalue weighted by Crippen LogP contribution is 2.44. The molecule has 1 spiro atoms. The van der Waals surface area contributed by atoms with Crippen LogP contribution in [-0.2, 0) is 12.0 Å². The second-order valence-electron chi connectivity index (χ2n) is 7.44. The molecule has 3 aliphatic rings. The van der Waals surface area contributed by atoms with Crippen molar-refractivity contribution in [2.75, 3.05) is 19.9 Å². The Kier molecular flexibility index (Phi) is 3.68. The topological polar surface area (TPSA) is 64.8 Å². The van der Waals surface area contributed by atoms with Crippen molar-refractivity contribution in [2.45, 2.75) is 24.8 Å². The van der Waals surface area contributed by atoms with Crippen LogP contribution < -0.4 is 9.47 Å². The standard InChI is InChI=1S/C21H20N2O4/c24-23(25)18-12-20-19(26-14-27-20)11-16(18)13-22-9-7-21(8-10-22)6-5-15-3-1-2-4-17(15)21/h1-6,11-12H,7-10,13-14H2. The fourth-order valence-corrected chi connectivity index (χ4v) is 4.49. The van der Waals surface area contributed by atoms with E-state index in [4.69, 9.17) is 9.47 Å². The van der Waals surface area contributed by atoms with Crippen molar-refractivity contribution in [3.63, 3.8) is 0 Å². The maximum absolute atomic E-state index is 11.5. The highest BCUT2D eigenvalue weighted by Gasteiger charge is 2.38. The SMILES string of the molecule is O=[N+]([O-])c1cc2c(cc1CN1CCC3(C=Cc4ccccc43)CC1)OCO2. The molecular weight excluding hydrogens is 344 g/mol. The van der Waals surface area contributed by atoms with Crippen molar-refractivity contribution in [3.8, 4) is 11.5 Å². The van der Waals surface area contributed by atoms with Crippen LogP contribution in [0.5, 0.6) is 11.5 Å². The minimum absolute atomic E-state index is 0.102. The van der Waals surface area contributed by atoms with Gasteiger partial charge in [-0.2, -0.15) is 0 Å². The third-order valence-corrected chi connectivity index (χ3v) is 5.99. The molecule has 1 aliphatic carbocycles. The molecule has 2 aliphatic heterocycles. The van der Waals surface area contributed by atoms with Crippen LogP contribution in [0.2, 0.25) is 0 Å². The van der Waals surface area contributed by atoms with E-state index in [9.17, 15) is 10.1 Å². The van der Waals surface area contributed by atoms with E-state index in [0.29, 0.717) is 23.6 Å². The van der Waals surface area contributed by atoms with Crippen LogP contribution in [0.4, 0.5) is 5.69 Å². The van der Waals surface area contributed by atoms with Crippen molar-refractivity contribution in [3.05, 3.63) is 69.3 Å². The Morgan fingerprint density at radius 3 is 2.63 bits per heavy atom. The van der Waals surface area contributed by atoms with E-state index in [-0.39, 0.29) is 22.8 Å². The summed E-state index contributed by atoms with van der Waals surface area (Å²) in [6.45, 7) is 2.48. The molecule has 5 rings (SSSR count). The summed E-state index contributed by atoms with van der Waals surface area (Å²) in [5, 5.41) is 11.5. The van der Waals surface area contributed by atoms with Gasteiger partial charge < -0.3 is 9.47 Å². The van der Waals surface area contributed by atoms with Crippen LogP contribution in [0, 0.1) is 10.1 Å². The first kappa shape index (κ1) is 16.3. The first-order valence-corrected chi connectivity index (χ1v) is 9.23. The summed E-state index contributed by atoms with van der Waals surface area (Å²) in [6, 6.07) is 11.8. The molecule has 2 heterocycles. The van der Waals surface area contributed by atoms with Gasteiger partial charge in [0.2, 0.25) is 6.79 Å². The zero-order chi connectivity index (χ0) is 18.4. The Morgan fingerprint density at radius 2 is 1.85 bits per heavy atom. The van der Waals surface area contributed by atoms with E-state index in [1.54, 1.807) is 6.07 Å². The highest BCUT2D eigenvalue weighted by molar-refractivity contribution is 5.65. The Hall–Kier alpha value is -2.86. The second-order valence-corrected chi connectivity index (χ2v) is 7.44. The van der Waals surface area contributed by atoms with E-state index in [2.05, 4.69) is 41.3 Å². The molecule has 27 heavy (non-hydrogen) atoms. The van der Waals surface area contributed by atoms with E-state index < -0.39 is 0 Å². The number of nitrogens with zero attached hydrogens (tertiary/aromatic N) is 2. The minimum Gasteiger partial charge on any atom is -0.454 e. The van der Waals surface area contributed by atoms with E-state index >= 15 is 0 Å². The fraction of sp³-hybridized carbons (Fsp3) is 0.333. The van der Waals surface area contributed by atoms with Gasteiger partial charge in [-0.3, -0.25) is 15.0 Å². The van der Waals surface area contributed by atoms with E-state index in [1.807, 2.05) is 0 Å². The van der Waals surface area contributed by atoms with Crippen LogP contribution in [0.15, 0.2) is 42.5 Å². The number of hydrogen-bond donors (Lipinski definition) is 0. The average Bonchev–Trinajstić information content (AvgIpc) is 3.28. The average molecular weight is 364 g/mol. The molecule has 0 saturated carbocycles. The van der Waals surface area contributed by atoms with Crippen molar-refractivity contribution >= 4 is 11.8 Å². The molecule has 0 bridgehead atoms. The molecule has 138 valence electrons. The summed E-state index contributed by atoms with van der Waals surface area (Å²) in [6.07, 6.45) is 6.63. The first-order valence-electron chi connectivity index (χ1n) is 9.23. The molecule has 6 nitrogen and oxygen atoms in total. The van der Waals surface area contributed by atoms with Crippen molar-refractivity contribution in [2.24, 2.45) is 0 Å². The molecule has 0 radical (unpaired) electrons. The summed E-state index contributed by atoms with van der Waals surface area (Å²) in [4.78, 5) is 13.4. The van der Waals surface area contributed by atoms with Gasteiger partial charge in [0.1, 0.15) is 0 Å². The Balaban J connectivity index is 1.35. The predicted molar refractivity (Wildman–Crippen MR) is 101 cm³/mol. The summed E-state index contributed by atoms with van der Waals surface area (Å²) >= 11 is 0. The molecule has 0 atom stereocenters. The van der Waals surface area contributed by atoms with Gasteiger partial charge in [0.15, 0.2) is 11.5 Å². The van der Waals surface area contributed by atoms with Crippen molar-refractivity contribution in [1.29, 1.82) is 0 Å². The number of likely N-dealkylation sites (tertiary alicyclic amines) is 1. The van der Waals surface area contributed by atoms with Gasteiger partial charge >= 0.3 is 0 Å². The lowest BCUT2D eigenvalue weighted by molar-refractivity contribution is -0.385. The Bertz CT molecular complexity index is 945. The van der Waals surface area contributed by atoms with Crippen LogP contribution in [0.1, 0.15) is 29.5 Å². The normalized spacial score (nSPS) is 19.4. The Labute approximate surface area is 157 Å². The maximum atomic E-state index is 11.5. The number of rotatable bonds is 3. The number of nitro benzene ring substituents is 1. The second kappa shape index (κ2) is 6.09. The maximum Gasteiger partial charge on any atom is 0.277 e. The van der Waals surface area contributed by atoms with Gasteiger partial charge in [-0.25, -0.2) is 0 Å². The number of hydrogen-bond acceptors (Lipinski definition) is 5. The smallest absolute Gasteiger partial charge is 0.277 e. The molecule has 2 aromatic carbocycles. The first-order chi connectivity index (χ1) is 13.1. The number of piperidine rings is 1. The number of allylic oxidation sites excluding steroid dienone is 1. The lowest BCUT2D eigenvalue weighted by atomic mass is 9.74. The van der Waals surface area contributed by atoms with Crippen molar-refractivity contribution in [1.82, 2.24) is 4.90 Å². The van der Waals surface area contributed by atoms with Gasteiger partial charge in [0.25, 0.3) is 5.69 Å². The van der Waals surface area contributed by atoms with E-state index in [1.165, 1.54) is 17.2 Å². The summed E-state index contributed by atoms with van der Waals surface area (Å²) in [5.41, 5.74) is 3.64. The minimum atomic E-state index is -0.335. The summed E-state index contributed by atoms with van der Waals surface area (Å²) in [5.74, 6) is 1.05. The molecule has 0 unspecified atom stereocenters. The largest absolute Gasteiger partial charge is 0.454 e. The molecule has 6 heteroatoms. The third kappa shape index (κ3) is 2.68. The zero-order valence-corrected chi connectivity index (χ0v) is 14.9. The van der Waals surface area contributed by atoms with Gasteiger partial charge in [-0.1, -0.05) is 36.4 Å². The molecule has 1 saturated heterocycles. The lowest BCUT2D eigenvalue weighted by Gasteiger charge is -2.39. The quantitative estimate of drug-likeness (QED) is 0.611. The van der Waals surface area contributed by atoms with E-state index in [0.717, 1.165) is 25.9 Å². The predicted octanol–water partition coefficient (Wildman–Crippen LogP) is 3.88. The summed E-state index contributed by atoms with van der Waals surface area (Å²) < 4.78 is 10.7. The van der Waals surface area contributed by atoms with Gasteiger partial charge in [0, 0.05) is 17.5 Å². The molecule has 0 N–H and O–H groups in total. The number of nitro groups is 1. The zero-order valence-electron chi connectivity index (χ0n) is 14.9. The van der Waals surface area contributed by atoms with Crippen LogP contribution >= 0.6 is 0 Å². The fourth-order valence-electron chi connectivity index (χ4n) is 4.49. The van der Waals surface area contributed by atoms with Crippen LogP contribution in [-0.4, -0.2) is 29.7 Å². The molecule has 0 aromatic heterocycles. The van der Waals surface area contributed by atoms with Crippen LogP contribution in [0.25, 0.3) is 6.08 Å². The Morgan fingerprint density at radius 1 is 1.11 bits per heavy atom. The number of benzene rings is 2. The molecular formula is C21H20N2O4. The molecule has 0 amide bonds. The van der Waals surface area contributed by atoms with Gasteiger partial charge in [0.05, 0.1) is 11.0 Å². The van der Waals surface area contributed by atoms with Crippen LogP contribution in [0.3, 0.4) is 0 Å². The summed E-state index contributed by atoms with van der Waals surface area (Å²) in [7, 11) is 0. The number of ether oxygens (including phenoxy) is 2. The van der Waals surface area contributed by atoms with Gasteiger partial charge in [-0.15, -0.1) is 0 Å². The monoisotopic (exact) mass is 364 g/mol.